The molecule has 0 fully saturated rings. The van der Waals surface area contributed by atoms with Crippen LogP contribution in [0.2, 0.25) is 10.2 Å². The Morgan fingerprint density at radius 2 is 2.04 bits per heavy atom. The number of esters is 1. The maximum Gasteiger partial charge on any atom is 0.343 e. The van der Waals surface area contributed by atoms with Gasteiger partial charge in [-0.1, -0.05) is 37.0 Å². The molecule has 1 aromatic rings. The summed E-state index contributed by atoms with van der Waals surface area (Å²) in [4.78, 5) is 28.6. The SMILES string of the molecule is CCOC(=O)C(=CN[C@H](CO)C(C)C)C(=O)c1nc(Cl)ccc1Cl. The van der Waals surface area contributed by atoms with Gasteiger partial charge < -0.3 is 15.2 Å². The quantitative estimate of drug-likeness (QED) is 0.181. The number of Topliss-reactive ketones (excluding diaryl/α,β-unsaturated/α-hetero) is 1. The molecule has 0 bridgehead atoms. The molecule has 0 amide bonds. The van der Waals surface area contributed by atoms with Crippen molar-refractivity contribution in [3.63, 3.8) is 0 Å². The third kappa shape index (κ3) is 5.47. The number of pyridine rings is 1. The van der Waals surface area contributed by atoms with Gasteiger partial charge in [0.15, 0.2) is 0 Å². The van der Waals surface area contributed by atoms with Gasteiger partial charge in [0.1, 0.15) is 16.4 Å². The Hall–Kier alpha value is -1.63. The molecule has 0 aliphatic carbocycles. The fourth-order valence-electron chi connectivity index (χ4n) is 1.78. The number of aliphatic hydroxyl groups excluding tert-OH is 1. The lowest BCUT2D eigenvalue weighted by Gasteiger charge is -2.19. The lowest BCUT2D eigenvalue weighted by atomic mass is 10.0. The zero-order valence-electron chi connectivity index (χ0n) is 13.7. The molecule has 0 saturated carbocycles. The van der Waals surface area contributed by atoms with Crippen LogP contribution in [0.1, 0.15) is 31.3 Å². The van der Waals surface area contributed by atoms with E-state index in [1.54, 1.807) is 6.92 Å². The highest BCUT2D eigenvalue weighted by Gasteiger charge is 2.25. The molecule has 0 unspecified atom stereocenters. The zero-order valence-corrected chi connectivity index (χ0v) is 15.2. The van der Waals surface area contributed by atoms with E-state index in [1.807, 2.05) is 13.8 Å². The summed E-state index contributed by atoms with van der Waals surface area (Å²) in [5, 5.41) is 12.3. The average Bonchev–Trinajstić information content (AvgIpc) is 2.53. The van der Waals surface area contributed by atoms with E-state index >= 15 is 0 Å². The smallest absolute Gasteiger partial charge is 0.343 e. The van der Waals surface area contributed by atoms with Gasteiger partial charge in [-0.2, -0.15) is 0 Å². The van der Waals surface area contributed by atoms with E-state index in [1.165, 1.54) is 18.3 Å². The molecule has 0 saturated heterocycles. The molecule has 1 aromatic heterocycles. The van der Waals surface area contributed by atoms with Crippen LogP contribution in [0.3, 0.4) is 0 Å². The van der Waals surface area contributed by atoms with Gasteiger partial charge in [-0.05, 0) is 25.0 Å². The maximum atomic E-state index is 12.6. The molecule has 0 aliphatic rings. The van der Waals surface area contributed by atoms with Crippen LogP contribution in [-0.2, 0) is 9.53 Å². The Labute approximate surface area is 150 Å². The summed E-state index contributed by atoms with van der Waals surface area (Å²) in [6.07, 6.45) is 1.22. The third-order valence-corrected chi connectivity index (χ3v) is 3.73. The van der Waals surface area contributed by atoms with Crippen LogP contribution in [0, 0.1) is 5.92 Å². The van der Waals surface area contributed by atoms with Crippen molar-refractivity contribution in [2.24, 2.45) is 5.92 Å². The van der Waals surface area contributed by atoms with E-state index in [-0.39, 0.29) is 46.6 Å². The second kappa shape index (κ2) is 9.61. The van der Waals surface area contributed by atoms with Crippen molar-refractivity contribution >= 4 is 35.0 Å². The second-order valence-electron chi connectivity index (χ2n) is 5.27. The molecule has 8 heteroatoms. The monoisotopic (exact) mass is 374 g/mol. The number of hydrogen-bond donors (Lipinski definition) is 2. The van der Waals surface area contributed by atoms with Crippen molar-refractivity contribution in [2.45, 2.75) is 26.8 Å². The van der Waals surface area contributed by atoms with Crippen LogP contribution in [0.5, 0.6) is 0 Å². The number of nitrogens with one attached hydrogen (secondary N) is 1. The summed E-state index contributed by atoms with van der Waals surface area (Å²) in [6, 6.07) is 2.53. The number of rotatable bonds is 8. The summed E-state index contributed by atoms with van der Waals surface area (Å²) in [5.74, 6) is -1.44. The average molecular weight is 375 g/mol. The minimum absolute atomic E-state index is 0.0715. The molecule has 2 N–H and O–H groups in total. The molecule has 0 aromatic carbocycles. The molecule has 1 atom stereocenters. The van der Waals surface area contributed by atoms with Crippen LogP contribution < -0.4 is 5.32 Å². The maximum absolute atomic E-state index is 12.6. The van der Waals surface area contributed by atoms with Crippen molar-refractivity contribution in [2.75, 3.05) is 13.2 Å². The lowest BCUT2D eigenvalue weighted by molar-refractivity contribution is -0.138. The molecule has 0 aliphatic heterocycles. The number of aromatic nitrogens is 1. The number of ketones is 1. The van der Waals surface area contributed by atoms with E-state index in [0.29, 0.717) is 0 Å². The van der Waals surface area contributed by atoms with E-state index in [9.17, 15) is 14.7 Å². The minimum Gasteiger partial charge on any atom is -0.462 e. The fraction of sp³-hybridized carbons (Fsp3) is 0.438. The number of ether oxygens (including phenoxy) is 1. The van der Waals surface area contributed by atoms with Gasteiger partial charge in [0.2, 0.25) is 5.78 Å². The normalized spacial score (nSPS) is 12.9. The molecule has 1 rings (SSSR count). The van der Waals surface area contributed by atoms with Gasteiger partial charge in [-0.15, -0.1) is 0 Å². The first-order valence-electron chi connectivity index (χ1n) is 7.42. The first kappa shape index (κ1) is 20.4. The minimum atomic E-state index is -0.812. The lowest BCUT2D eigenvalue weighted by Crippen LogP contribution is -2.34. The highest BCUT2D eigenvalue weighted by atomic mass is 35.5. The van der Waals surface area contributed by atoms with Crippen LogP contribution in [0.15, 0.2) is 23.9 Å². The zero-order chi connectivity index (χ0) is 18.3. The summed E-state index contributed by atoms with van der Waals surface area (Å²) in [6.45, 7) is 5.36. The van der Waals surface area contributed by atoms with E-state index in [2.05, 4.69) is 10.3 Å². The highest BCUT2D eigenvalue weighted by Crippen LogP contribution is 2.20. The Morgan fingerprint density at radius 3 is 2.58 bits per heavy atom. The number of carbonyl (C=O) groups is 2. The Morgan fingerprint density at radius 1 is 1.38 bits per heavy atom. The molecular formula is C16H20Cl2N2O4. The van der Waals surface area contributed by atoms with Crippen LogP contribution in [0.25, 0.3) is 0 Å². The Balaban J connectivity index is 3.20. The van der Waals surface area contributed by atoms with Gasteiger partial charge in [-0.25, -0.2) is 9.78 Å². The number of halogens is 2. The predicted molar refractivity (Wildman–Crippen MR) is 92.2 cm³/mol. The molecular weight excluding hydrogens is 355 g/mol. The van der Waals surface area contributed by atoms with Crippen molar-refractivity contribution in [1.29, 1.82) is 0 Å². The van der Waals surface area contributed by atoms with Crippen molar-refractivity contribution in [3.8, 4) is 0 Å². The summed E-state index contributed by atoms with van der Waals surface area (Å²) in [5.41, 5.74) is -0.414. The first-order chi connectivity index (χ1) is 11.3. The van der Waals surface area contributed by atoms with Crippen LogP contribution in [-0.4, -0.2) is 41.1 Å². The third-order valence-electron chi connectivity index (χ3n) is 3.21. The Kier molecular flexibility index (Phi) is 8.18. The number of nitrogens with zero attached hydrogens (tertiary/aromatic N) is 1. The van der Waals surface area contributed by atoms with Gasteiger partial charge in [0.05, 0.1) is 24.3 Å². The van der Waals surface area contributed by atoms with Crippen LogP contribution >= 0.6 is 23.2 Å². The second-order valence-corrected chi connectivity index (χ2v) is 6.07. The van der Waals surface area contributed by atoms with Gasteiger partial charge in [0.25, 0.3) is 0 Å². The van der Waals surface area contributed by atoms with Crippen molar-refractivity contribution in [1.82, 2.24) is 10.3 Å². The number of hydrogen-bond acceptors (Lipinski definition) is 6. The van der Waals surface area contributed by atoms with Gasteiger partial charge in [-0.3, -0.25) is 4.79 Å². The van der Waals surface area contributed by atoms with Crippen molar-refractivity contribution in [3.05, 3.63) is 39.8 Å². The van der Waals surface area contributed by atoms with Gasteiger partial charge in [0, 0.05) is 6.20 Å². The first-order valence-corrected chi connectivity index (χ1v) is 8.18. The molecule has 24 heavy (non-hydrogen) atoms. The topological polar surface area (TPSA) is 88.5 Å². The molecule has 0 radical (unpaired) electrons. The van der Waals surface area contributed by atoms with Crippen molar-refractivity contribution < 1.29 is 19.4 Å². The Bertz CT molecular complexity index is 633. The molecule has 132 valence electrons. The van der Waals surface area contributed by atoms with E-state index < -0.39 is 11.8 Å². The summed E-state index contributed by atoms with van der Waals surface area (Å²) in [7, 11) is 0. The molecule has 0 spiro atoms. The molecule has 6 nitrogen and oxygen atoms in total. The highest BCUT2D eigenvalue weighted by molar-refractivity contribution is 6.37. The van der Waals surface area contributed by atoms with E-state index in [0.717, 1.165) is 0 Å². The summed E-state index contributed by atoms with van der Waals surface area (Å²) >= 11 is 11.8. The number of carbonyl (C=O) groups excluding carboxylic acids is 2. The van der Waals surface area contributed by atoms with Gasteiger partial charge >= 0.3 is 5.97 Å². The number of aliphatic hydroxyl groups is 1. The molecule has 1 heterocycles. The standard InChI is InChI=1S/C16H20Cl2N2O4/c1-4-24-16(23)10(7-19-12(8-21)9(2)3)15(22)14-11(17)5-6-13(18)20-14/h5-7,9,12,19,21H,4,8H2,1-3H3/t12-/m1/s1. The van der Waals surface area contributed by atoms with E-state index in [4.69, 9.17) is 27.9 Å². The van der Waals surface area contributed by atoms with Crippen LogP contribution in [0.4, 0.5) is 0 Å². The predicted octanol–water partition coefficient (Wildman–Crippen LogP) is 2.62. The summed E-state index contributed by atoms with van der Waals surface area (Å²) < 4.78 is 4.91. The fourth-order valence-corrected chi connectivity index (χ4v) is 2.12. The largest absolute Gasteiger partial charge is 0.462 e.